The van der Waals surface area contributed by atoms with E-state index in [1.807, 2.05) is 0 Å². The minimum atomic E-state index is -0.377. The predicted molar refractivity (Wildman–Crippen MR) is 75.2 cm³/mol. The number of aromatic nitrogens is 1. The lowest BCUT2D eigenvalue weighted by Crippen LogP contribution is -2.34. The number of carbonyl (C=O) groups is 1. The summed E-state index contributed by atoms with van der Waals surface area (Å²) < 4.78 is 5.58. The molecule has 0 aliphatic heterocycles. The summed E-state index contributed by atoms with van der Waals surface area (Å²) in [6.07, 6.45) is 4.51. The topological polar surface area (TPSA) is 39.2 Å². The van der Waals surface area contributed by atoms with Crippen molar-refractivity contribution in [1.82, 2.24) is 4.98 Å². The van der Waals surface area contributed by atoms with Crippen LogP contribution < -0.4 is 0 Å². The van der Waals surface area contributed by atoms with E-state index in [4.69, 9.17) is 16.3 Å². The molecule has 0 saturated heterocycles. The highest BCUT2D eigenvalue weighted by Gasteiger charge is 2.34. The summed E-state index contributed by atoms with van der Waals surface area (Å²) in [7, 11) is 0. The highest BCUT2D eigenvalue weighted by Crippen LogP contribution is 2.39. The number of pyridine rings is 1. The number of hydrogen-bond donors (Lipinski definition) is 0. The molecule has 1 aromatic heterocycles. The van der Waals surface area contributed by atoms with E-state index in [9.17, 15) is 4.79 Å². The smallest absolute Gasteiger partial charge is 0.357 e. The third kappa shape index (κ3) is 3.93. The third-order valence-corrected chi connectivity index (χ3v) is 3.79. The Morgan fingerprint density at radius 2 is 2.21 bits per heavy atom. The Hall–Kier alpha value is -1.09. The fourth-order valence-corrected chi connectivity index (χ4v) is 3.24. The van der Waals surface area contributed by atoms with Crippen molar-refractivity contribution < 1.29 is 9.53 Å². The molecule has 4 heteroatoms. The van der Waals surface area contributed by atoms with E-state index in [1.165, 1.54) is 12.6 Å². The van der Waals surface area contributed by atoms with Crippen LogP contribution >= 0.6 is 11.6 Å². The van der Waals surface area contributed by atoms with Crippen molar-refractivity contribution in [2.24, 2.45) is 11.3 Å². The summed E-state index contributed by atoms with van der Waals surface area (Å²) in [5.74, 6) is 0.200. The van der Waals surface area contributed by atoms with Crippen LogP contribution in [0.15, 0.2) is 18.3 Å². The quantitative estimate of drug-likeness (QED) is 0.766. The molecule has 2 atom stereocenters. The molecule has 1 saturated carbocycles. The van der Waals surface area contributed by atoms with Gasteiger partial charge in [-0.15, -0.1) is 0 Å². The summed E-state index contributed by atoms with van der Waals surface area (Å²) in [4.78, 5) is 16.0. The Morgan fingerprint density at radius 3 is 2.84 bits per heavy atom. The molecule has 0 amide bonds. The van der Waals surface area contributed by atoms with Gasteiger partial charge in [0.1, 0.15) is 11.8 Å². The Bertz CT molecular complexity index is 473. The van der Waals surface area contributed by atoms with Gasteiger partial charge < -0.3 is 4.74 Å². The lowest BCUT2D eigenvalue weighted by atomic mass is 9.71. The molecule has 19 heavy (non-hydrogen) atoms. The van der Waals surface area contributed by atoms with E-state index < -0.39 is 0 Å². The molecular formula is C15H20ClNO2. The first-order valence-corrected chi connectivity index (χ1v) is 7.06. The van der Waals surface area contributed by atoms with Crippen LogP contribution in [0, 0.1) is 11.3 Å². The number of ether oxygens (including phenoxy) is 1. The Morgan fingerprint density at radius 1 is 1.47 bits per heavy atom. The van der Waals surface area contributed by atoms with E-state index in [2.05, 4.69) is 25.8 Å². The number of rotatable bonds is 2. The van der Waals surface area contributed by atoms with Crippen molar-refractivity contribution >= 4 is 17.6 Å². The van der Waals surface area contributed by atoms with Crippen LogP contribution in [0.2, 0.25) is 5.02 Å². The van der Waals surface area contributed by atoms with E-state index in [1.54, 1.807) is 12.1 Å². The summed E-state index contributed by atoms with van der Waals surface area (Å²) in [5, 5.41) is 0.499. The molecule has 104 valence electrons. The normalized spacial score (nSPS) is 25.9. The molecule has 1 aromatic rings. The van der Waals surface area contributed by atoms with Gasteiger partial charge in [0, 0.05) is 11.2 Å². The first kappa shape index (κ1) is 14.3. The molecule has 0 spiro atoms. The maximum atomic E-state index is 12.0. The molecule has 3 nitrogen and oxygen atoms in total. The standard InChI is InChI=1S/C15H20ClNO2/c1-10-6-12(9-15(2,3)8-10)19-14(18)13-7-11(16)4-5-17-13/h4-5,7,10,12H,6,8-9H2,1-3H3. The molecule has 0 radical (unpaired) electrons. The van der Waals surface area contributed by atoms with Crippen molar-refractivity contribution in [3.8, 4) is 0 Å². The van der Waals surface area contributed by atoms with Gasteiger partial charge in [-0.25, -0.2) is 9.78 Å². The van der Waals surface area contributed by atoms with Gasteiger partial charge in [0.2, 0.25) is 0 Å². The molecular weight excluding hydrogens is 262 g/mol. The van der Waals surface area contributed by atoms with Gasteiger partial charge >= 0.3 is 5.97 Å². The number of halogens is 1. The van der Waals surface area contributed by atoms with Gasteiger partial charge in [0.15, 0.2) is 0 Å². The van der Waals surface area contributed by atoms with Crippen LogP contribution in [-0.4, -0.2) is 17.1 Å². The average molecular weight is 282 g/mol. The van der Waals surface area contributed by atoms with E-state index in [0.717, 1.165) is 12.8 Å². The Kier molecular flexibility index (Phi) is 4.14. The van der Waals surface area contributed by atoms with Gasteiger partial charge in [-0.05, 0) is 42.7 Å². The second kappa shape index (κ2) is 5.49. The van der Waals surface area contributed by atoms with Crippen LogP contribution in [0.1, 0.15) is 50.5 Å². The molecule has 1 aliphatic rings. The minimum absolute atomic E-state index is 0.0213. The Labute approximate surface area is 119 Å². The molecule has 2 unspecified atom stereocenters. The fourth-order valence-electron chi connectivity index (χ4n) is 3.08. The van der Waals surface area contributed by atoms with Gasteiger partial charge in [-0.2, -0.15) is 0 Å². The SMILES string of the molecule is CC1CC(OC(=O)c2cc(Cl)ccn2)CC(C)(C)C1. The second-order valence-electron chi connectivity index (χ2n) is 6.30. The van der Waals surface area contributed by atoms with Gasteiger partial charge in [0.05, 0.1) is 0 Å². The summed E-state index contributed by atoms with van der Waals surface area (Å²) >= 11 is 5.85. The van der Waals surface area contributed by atoms with Crippen LogP contribution in [0.4, 0.5) is 0 Å². The molecule has 1 heterocycles. The fraction of sp³-hybridized carbons (Fsp3) is 0.600. The maximum Gasteiger partial charge on any atom is 0.357 e. The highest BCUT2D eigenvalue weighted by molar-refractivity contribution is 6.30. The number of hydrogen-bond acceptors (Lipinski definition) is 3. The second-order valence-corrected chi connectivity index (χ2v) is 6.74. The molecule has 2 rings (SSSR count). The third-order valence-electron chi connectivity index (χ3n) is 3.55. The maximum absolute atomic E-state index is 12.0. The molecule has 0 aromatic carbocycles. The van der Waals surface area contributed by atoms with E-state index in [0.29, 0.717) is 10.9 Å². The van der Waals surface area contributed by atoms with Crippen molar-refractivity contribution in [3.63, 3.8) is 0 Å². The van der Waals surface area contributed by atoms with E-state index in [-0.39, 0.29) is 23.2 Å². The summed E-state index contributed by atoms with van der Waals surface area (Å²) in [6, 6.07) is 3.19. The zero-order valence-corrected chi connectivity index (χ0v) is 12.4. The number of carbonyl (C=O) groups excluding carboxylic acids is 1. The largest absolute Gasteiger partial charge is 0.458 e. The van der Waals surface area contributed by atoms with Crippen molar-refractivity contribution in [2.45, 2.75) is 46.1 Å². The van der Waals surface area contributed by atoms with Gasteiger partial charge in [-0.1, -0.05) is 32.4 Å². The zero-order chi connectivity index (χ0) is 14.0. The molecule has 0 N–H and O–H groups in total. The molecule has 0 bridgehead atoms. The first-order chi connectivity index (χ1) is 8.85. The summed E-state index contributed by atoms with van der Waals surface area (Å²) in [6.45, 7) is 6.65. The summed E-state index contributed by atoms with van der Waals surface area (Å²) in [5.41, 5.74) is 0.508. The van der Waals surface area contributed by atoms with Crippen molar-refractivity contribution in [3.05, 3.63) is 29.0 Å². The average Bonchev–Trinajstić information content (AvgIpc) is 2.25. The van der Waals surface area contributed by atoms with Crippen molar-refractivity contribution in [1.29, 1.82) is 0 Å². The lowest BCUT2D eigenvalue weighted by molar-refractivity contribution is -0.00766. The predicted octanol–water partition coefficient (Wildman–Crippen LogP) is 4.11. The molecule has 1 aliphatic carbocycles. The Balaban J connectivity index is 2.03. The van der Waals surface area contributed by atoms with Crippen molar-refractivity contribution in [2.75, 3.05) is 0 Å². The zero-order valence-electron chi connectivity index (χ0n) is 11.6. The first-order valence-electron chi connectivity index (χ1n) is 6.68. The van der Waals surface area contributed by atoms with Crippen LogP contribution in [0.25, 0.3) is 0 Å². The van der Waals surface area contributed by atoms with Gasteiger partial charge in [-0.3, -0.25) is 0 Å². The number of esters is 1. The van der Waals surface area contributed by atoms with Crippen LogP contribution in [-0.2, 0) is 4.74 Å². The molecule has 1 fully saturated rings. The lowest BCUT2D eigenvalue weighted by Gasteiger charge is -2.38. The monoisotopic (exact) mass is 281 g/mol. The van der Waals surface area contributed by atoms with Crippen LogP contribution in [0.3, 0.4) is 0 Å². The minimum Gasteiger partial charge on any atom is -0.458 e. The number of nitrogens with zero attached hydrogens (tertiary/aromatic N) is 1. The highest BCUT2D eigenvalue weighted by atomic mass is 35.5. The van der Waals surface area contributed by atoms with Crippen LogP contribution in [0.5, 0.6) is 0 Å². The van der Waals surface area contributed by atoms with E-state index >= 15 is 0 Å². The van der Waals surface area contributed by atoms with Gasteiger partial charge in [0.25, 0.3) is 0 Å².